The summed E-state index contributed by atoms with van der Waals surface area (Å²) in [5, 5.41) is 0. The van der Waals surface area contributed by atoms with Gasteiger partial charge in [-0.05, 0) is 42.9 Å². The molecule has 1 aromatic carbocycles. The molecule has 0 bridgehead atoms. The summed E-state index contributed by atoms with van der Waals surface area (Å²) in [6.07, 6.45) is 3.60. The lowest BCUT2D eigenvalue weighted by molar-refractivity contribution is 0.264. The molecular formula is C11H15BrClN. The van der Waals surface area contributed by atoms with Crippen LogP contribution in [0.4, 0.5) is 0 Å². The van der Waals surface area contributed by atoms with Crippen molar-refractivity contribution < 1.29 is 0 Å². The largest absolute Gasteiger partial charge is 0.328 e. The van der Waals surface area contributed by atoms with Crippen LogP contribution < -0.4 is 5.73 Å². The normalized spacial score (nSPS) is 25.0. The fourth-order valence-corrected chi connectivity index (χ4v) is 2.17. The van der Waals surface area contributed by atoms with E-state index in [1.165, 1.54) is 24.8 Å². The molecule has 0 amide bonds. The van der Waals surface area contributed by atoms with Gasteiger partial charge in [0.05, 0.1) is 0 Å². The third kappa shape index (κ3) is 2.97. The number of halogens is 2. The Morgan fingerprint density at radius 2 is 1.79 bits per heavy atom. The third-order valence-electron chi connectivity index (χ3n) is 2.71. The van der Waals surface area contributed by atoms with Gasteiger partial charge in [-0.15, -0.1) is 12.4 Å². The van der Waals surface area contributed by atoms with Crippen LogP contribution in [0.3, 0.4) is 0 Å². The van der Waals surface area contributed by atoms with Crippen LogP contribution in [0.2, 0.25) is 0 Å². The van der Waals surface area contributed by atoms with E-state index in [0.29, 0.717) is 6.04 Å². The Labute approximate surface area is 99.6 Å². The van der Waals surface area contributed by atoms with Crippen molar-refractivity contribution in [3.8, 4) is 0 Å². The summed E-state index contributed by atoms with van der Waals surface area (Å²) in [7, 11) is 0. The van der Waals surface area contributed by atoms with Crippen LogP contribution in [0.1, 0.15) is 18.4 Å². The SMILES string of the molecule is Cl.NC1CC(Cc2ccc(Br)cc2)C1. The predicted molar refractivity (Wildman–Crippen MR) is 65.8 cm³/mol. The molecule has 0 aliphatic heterocycles. The van der Waals surface area contributed by atoms with Crippen molar-refractivity contribution in [2.75, 3.05) is 0 Å². The van der Waals surface area contributed by atoms with Gasteiger partial charge < -0.3 is 5.73 Å². The van der Waals surface area contributed by atoms with E-state index in [0.717, 1.165) is 10.4 Å². The lowest BCUT2D eigenvalue weighted by atomic mass is 9.77. The van der Waals surface area contributed by atoms with Gasteiger partial charge in [-0.3, -0.25) is 0 Å². The standard InChI is InChI=1S/C11H14BrN.ClH/c12-10-3-1-8(2-4-10)5-9-6-11(13)7-9;/h1-4,9,11H,5-7,13H2;1H. The molecule has 0 heterocycles. The molecule has 0 saturated heterocycles. The number of rotatable bonds is 2. The van der Waals surface area contributed by atoms with Gasteiger partial charge in [-0.1, -0.05) is 28.1 Å². The van der Waals surface area contributed by atoms with Crippen LogP contribution in [0.25, 0.3) is 0 Å². The third-order valence-corrected chi connectivity index (χ3v) is 3.24. The Morgan fingerprint density at radius 1 is 1.21 bits per heavy atom. The fourth-order valence-electron chi connectivity index (χ4n) is 1.91. The van der Waals surface area contributed by atoms with Crippen molar-refractivity contribution in [1.82, 2.24) is 0 Å². The van der Waals surface area contributed by atoms with E-state index in [1.807, 2.05) is 0 Å². The molecule has 1 fully saturated rings. The molecule has 78 valence electrons. The van der Waals surface area contributed by atoms with E-state index in [4.69, 9.17) is 5.73 Å². The second-order valence-electron chi connectivity index (χ2n) is 3.93. The van der Waals surface area contributed by atoms with Crippen molar-refractivity contribution in [2.45, 2.75) is 25.3 Å². The number of benzene rings is 1. The summed E-state index contributed by atoms with van der Waals surface area (Å²) in [6.45, 7) is 0. The lowest BCUT2D eigenvalue weighted by Crippen LogP contribution is -2.37. The Hall–Kier alpha value is -0.0500. The van der Waals surface area contributed by atoms with Gasteiger partial charge >= 0.3 is 0 Å². The minimum absolute atomic E-state index is 0. The highest BCUT2D eigenvalue weighted by atomic mass is 79.9. The van der Waals surface area contributed by atoms with E-state index in [-0.39, 0.29) is 12.4 Å². The minimum atomic E-state index is 0. The molecule has 1 nitrogen and oxygen atoms in total. The number of hydrogen-bond donors (Lipinski definition) is 1. The first kappa shape index (κ1) is 12.0. The van der Waals surface area contributed by atoms with E-state index in [1.54, 1.807) is 0 Å². The average molecular weight is 277 g/mol. The fraction of sp³-hybridized carbons (Fsp3) is 0.455. The van der Waals surface area contributed by atoms with E-state index in [9.17, 15) is 0 Å². The van der Waals surface area contributed by atoms with Crippen molar-refractivity contribution in [1.29, 1.82) is 0 Å². The van der Waals surface area contributed by atoms with E-state index < -0.39 is 0 Å². The van der Waals surface area contributed by atoms with Crippen molar-refractivity contribution in [2.24, 2.45) is 11.7 Å². The molecular weight excluding hydrogens is 261 g/mol. The Morgan fingerprint density at radius 3 is 2.29 bits per heavy atom. The van der Waals surface area contributed by atoms with Crippen LogP contribution >= 0.6 is 28.3 Å². The van der Waals surface area contributed by atoms with Gasteiger partial charge in [-0.25, -0.2) is 0 Å². The van der Waals surface area contributed by atoms with Crippen LogP contribution in [0, 0.1) is 5.92 Å². The second kappa shape index (κ2) is 5.15. The molecule has 3 heteroatoms. The zero-order valence-corrected chi connectivity index (χ0v) is 10.4. The highest BCUT2D eigenvalue weighted by Crippen LogP contribution is 2.29. The summed E-state index contributed by atoms with van der Waals surface area (Å²) in [4.78, 5) is 0. The number of nitrogens with two attached hydrogens (primary N) is 1. The first-order chi connectivity index (χ1) is 6.24. The highest BCUT2D eigenvalue weighted by Gasteiger charge is 2.25. The molecule has 0 radical (unpaired) electrons. The topological polar surface area (TPSA) is 26.0 Å². The summed E-state index contributed by atoms with van der Waals surface area (Å²) in [5.74, 6) is 0.830. The van der Waals surface area contributed by atoms with E-state index in [2.05, 4.69) is 40.2 Å². The summed E-state index contributed by atoms with van der Waals surface area (Å²) in [6, 6.07) is 9.06. The molecule has 2 N–H and O–H groups in total. The summed E-state index contributed by atoms with van der Waals surface area (Å²) in [5.41, 5.74) is 7.17. The average Bonchev–Trinajstić information content (AvgIpc) is 2.06. The van der Waals surface area contributed by atoms with Gasteiger partial charge in [0.25, 0.3) is 0 Å². The monoisotopic (exact) mass is 275 g/mol. The maximum atomic E-state index is 5.74. The Balaban J connectivity index is 0.000000980. The maximum Gasteiger partial charge on any atom is 0.0175 e. The van der Waals surface area contributed by atoms with Gasteiger partial charge in [-0.2, -0.15) is 0 Å². The molecule has 1 aliphatic rings. The molecule has 0 unspecified atom stereocenters. The Kier molecular flexibility index (Phi) is 4.42. The van der Waals surface area contributed by atoms with Gasteiger partial charge in [0.1, 0.15) is 0 Å². The molecule has 2 rings (SSSR count). The van der Waals surface area contributed by atoms with Crippen LogP contribution in [0.15, 0.2) is 28.7 Å². The predicted octanol–water partition coefficient (Wildman–Crippen LogP) is 3.15. The molecule has 1 aromatic rings. The summed E-state index contributed by atoms with van der Waals surface area (Å²) >= 11 is 3.43. The Bertz CT molecular complexity index is 280. The van der Waals surface area contributed by atoms with Crippen LogP contribution in [-0.4, -0.2) is 6.04 Å². The molecule has 14 heavy (non-hydrogen) atoms. The number of hydrogen-bond acceptors (Lipinski definition) is 1. The van der Waals surface area contributed by atoms with Gasteiger partial charge in [0.15, 0.2) is 0 Å². The first-order valence-electron chi connectivity index (χ1n) is 4.74. The second-order valence-corrected chi connectivity index (χ2v) is 4.84. The van der Waals surface area contributed by atoms with Gasteiger partial charge in [0, 0.05) is 10.5 Å². The highest BCUT2D eigenvalue weighted by molar-refractivity contribution is 9.10. The zero-order chi connectivity index (χ0) is 9.26. The summed E-state index contributed by atoms with van der Waals surface area (Å²) < 4.78 is 1.15. The maximum absolute atomic E-state index is 5.74. The van der Waals surface area contributed by atoms with Crippen LogP contribution in [0.5, 0.6) is 0 Å². The molecule has 0 aromatic heterocycles. The van der Waals surface area contributed by atoms with E-state index >= 15 is 0 Å². The van der Waals surface area contributed by atoms with Crippen molar-refractivity contribution in [3.05, 3.63) is 34.3 Å². The van der Waals surface area contributed by atoms with Crippen molar-refractivity contribution in [3.63, 3.8) is 0 Å². The lowest BCUT2D eigenvalue weighted by Gasteiger charge is -2.32. The first-order valence-corrected chi connectivity index (χ1v) is 5.53. The van der Waals surface area contributed by atoms with Crippen LogP contribution in [-0.2, 0) is 6.42 Å². The van der Waals surface area contributed by atoms with Crippen molar-refractivity contribution >= 4 is 28.3 Å². The molecule has 1 saturated carbocycles. The minimum Gasteiger partial charge on any atom is -0.328 e. The van der Waals surface area contributed by atoms with Gasteiger partial charge in [0.2, 0.25) is 0 Å². The molecule has 0 atom stereocenters. The quantitative estimate of drug-likeness (QED) is 0.882. The molecule has 1 aliphatic carbocycles. The smallest absolute Gasteiger partial charge is 0.0175 e. The molecule has 0 spiro atoms. The zero-order valence-electron chi connectivity index (χ0n) is 7.95.